The van der Waals surface area contributed by atoms with Gasteiger partial charge in [-0.1, -0.05) is 106 Å². The first-order valence-corrected chi connectivity index (χ1v) is 31.7. The molecule has 7 N–H and O–H groups in total. The second-order valence-electron chi connectivity index (χ2n) is 26.9. The number of cyclic esters (lactones) is 1. The lowest BCUT2D eigenvalue weighted by atomic mass is 9.38. The smallest absolute Gasteiger partial charge is 0.340 e. The largest absolute Gasteiger partial charge is 0.508 e. The Morgan fingerprint density at radius 3 is 2.51 bits per heavy atom. The van der Waals surface area contributed by atoms with Gasteiger partial charge in [-0.2, -0.15) is 0 Å². The van der Waals surface area contributed by atoms with Crippen LogP contribution in [0, 0.1) is 51.8 Å². The van der Waals surface area contributed by atoms with E-state index in [1.807, 2.05) is 19.1 Å². The molecular weight excluding hydrogens is 1030 g/mol. The topological polar surface area (TPSA) is 153 Å². The third kappa shape index (κ3) is 10.1. The molecule has 0 unspecified atom stereocenters. The number of rotatable bonds is 13. The Kier molecular flexibility index (Phi) is 15.5. The zero-order valence-electron chi connectivity index (χ0n) is 49.5. The molecule has 11 aliphatic rings. The lowest BCUT2D eigenvalue weighted by Crippen LogP contribution is -2.58. The molecule has 12 atom stereocenters. The summed E-state index contributed by atoms with van der Waals surface area (Å²) >= 11 is 0. The highest BCUT2D eigenvalue weighted by Gasteiger charge is 2.73. The Bertz CT molecular complexity index is 3320. The molecule has 0 radical (unpaired) electrons. The SMILES string of the molecule is CC[C@H](/C=C1\OC(=O)C2=C3c4cc(O)ccc4-c4cccc(c4)[C@@H]4/C=C/[C@]56CCC7=C(C(=O)OC7=CC[C@]7([C@@H]8CCN[C@H](NC)C8)CC[C@@H](C7)[C@@H](NC[C@H](C)O)c7cc(cc(CNCC(C)C)c7)CCN4)[C@@H]5[C@]21CC[C@@H]36)Cc1ccccc1. The number of carbonyl (C=O) groups excluding carboxylic acids is 2. The number of aliphatic hydroxyl groups excluding tert-OH is 1. The molecule has 4 aromatic rings. The van der Waals surface area contributed by atoms with Crippen LogP contribution in [-0.2, 0) is 38.4 Å². The molecule has 4 fully saturated rings. The Morgan fingerprint density at radius 1 is 0.819 bits per heavy atom. The Morgan fingerprint density at radius 2 is 1.69 bits per heavy atom. The maximum absolute atomic E-state index is 15.7. The molecule has 15 rings (SSSR count). The molecular formula is C72H87N5O6. The van der Waals surface area contributed by atoms with E-state index in [4.69, 9.17) is 9.47 Å². The number of fused-ring (bicyclic) bond motifs is 9. The van der Waals surface area contributed by atoms with Crippen LogP contribution < -0.4 is 26.6 Å². The fourth-order valence-corrected chi connectivity index (χ4v) is 17.7. The van der Waals surface area contributed by atoms with Crippen LogP contribution in [0.4, 0.5) is 0 Å². The van der Waals surface area contributed by atoms with Crippen LogP contribution in [0.15, 0.2) is 144 Å². The van der Waals surface area contributed by atoms with Crippen molar-refractivity contribution in [2.24, 2.45) is 51.8 Å². The number of nitrogens with one attached hydrogen (secondary N) is 5. The zero-order chi connectivity index (χ0) is 57.2. The number of phenols is 1. The fourth-order valence-electron chi connectivity index (χ4n) is 17.7. The molecule has 2 saturated heterocycles. The van der Waals surface area contributed by atoms with Crippen molar-refractivity contribution in [2.75, 3.05) is 33.2 Å². The second kappa shape index (κ2) is 22.8. The molecule has 11 heteroatoms. The minimum atomic E-state index is -0.988. The summed E-state index contributed by atoms with van der Waals surface area (Å²) in [7, 11) is 2.06. The van der Waals surface area contributed by atoms with Gasteiger partial charge in [-0.15, -0.1) is 0 Å². The number of piperidine rings is 1. The van der Waals surface area contributed by atoms with Gasteiger partial charge in [0.1, 0.15) is 17.3 Å². The number of ether oxygens (including phenoxy) is 2. The quantitative estimate of drug-likeness (QED) is 0.0506. The number of aliphatic hydroxyl groups is 1. The fraction of sp³-hybridized carbons (Fsp3) is 0.500. The highest BCUT2D eigenvalue weighted by atomic mass is 16.6. The van der Waals surface area contributed by atoms with Gasteiger partial charge in [-0.25, -0.2) is 9.59 Å². The zero-order valence-corrected chi connectivity index (χ0v) is 49.5. The molecule has 5 aliphatic heterocycles. The normalized spacial score (nSPS) is 32.3. The lowest BCUT2D eigenvalue weighted by molar-refractivity contribution is -0.135. The van der Waals surface area contributed by atoms with Gasteiger partial charge in [0.05, 0.1) is 29.3 Å². The summed E-state index contributed by atoms with van der Waals surface area (Å²) in [6.07, 6.45) is 20.4. The highest BCUT2D eigenvalue weighted by Crippen LogP contribution is 2.77. The lowest BCUT2D eigenvalue weighted by Gasteiger charge is -2.62. The van der Waals surface area contributed by atoms with E-state index in [0.29, 0.717) is 66.3 Å². The molecule has 83 heavy (non-hydrogen) atoms. The molecule has 11 nitrogen and oxygen atoms in total. The van der Waals surface area contributed by atoms with Crippen LogP contribution in [0.3, 0.4) is 0 Å². The monoisotopic (exact) mass is 1120 g/mol. The van der Waals surface area contributed by atoms with Crippen molar-refractivity contribution in [2.45, 2.75) is 142 Å². The molecule has 4 aromatic carbocycles. The van der Waals surface area contributed by atoms with Crippen molar-refractivity contribution in [1.29, 1.82) is 0 Å². The van der Waals surface area contributed by atoms with Crippen LogP contribution in [0.5, 0.6) is 5.75 Å². The number of esters is 2. The maximum Gasteiger partial charge on any atom is 0.340 e. The number of hydrogen-bond donors (Lipinski definition) is 7. The predicted molar refractivity (Wildman–Crippen MR) is 327 cm³/mol. The first-order valence-electron chi connectivity index (χ1n) is 31.7. The number of carbonyl (C=O) groups is 2. The molecule has 0 amide bonds. The molecule has 5 heterocycles. The summed E-state index contributed by atoms with van der Waals surface area (Å²) in [5.41, 5.74) is 10.6. The van der Waals surface area contributed by atoms with E-state index in [-0.39, 0.29) is 53.2 Å². The van der Waals surface area contributed by atoms with Gasteiger partial charge >= 0.3 is 11.9 Å². The van der Waals surface area contributed by atoms with Gasteiger partial charge in [-0.3, -0.25) is 0 Å². The molecule has 2 saturated carbocycles. The third-order valence-electron chi connectivity index (χ3n) is 21.5. The van der Waals surface area contributed by atoms with Gasteiger partial charge in [0, 0.05) is 48.2 Å². The molecule has 2 spiro atoms. The number of hydrogen-bond acceptors (Lipinski definition) is 11. The number of phenolic OH excluding ortho intramolecular Hbond substituents is 1. The van der Waals surface area contributed by atoms with Gasteiger partial charge in [0.2, 0.25) is 0 Å². The van der Waals surface area contributed by atoms with Crippen LogP contribution in [-0.4, -0.2) is 67.6 Å². The van der Waals surface area contributed by atoms with Crippen molar-refractivity contribution in [3.05, 3.63) is 177 Å². The molecule has 6 aliphatic carbocycles. The summed E-state index contributed by atoms with van der Waals surface area (Å²) in [4.78, 5) is 31.2. The van der Waals surface area contributed by atoms with E-state index in [2.05, 4.69) is 152 Å². The average Bonchev–Trinajstić information content (AvgIpc) is 1.66. The summed E-state index contributed by atoms with van der Waals surface area (Å²) < 4.78 is 13.7. The van der Waals surface area contributed by atoms with Crippen molar-refractivity contribution in [3.63, 3.8) is 0 Å². The minimum absolute atomic E-state index is 0.0257. The Hall–Kier alpha value is -5.92. The number of aromatic hydroxyl groups is 1. The standard InChI is InChI=1S/C72H87N5O6/c1-6-45(31-46-11-8-7-9-12-46)35-61-72-28-19-58-63(65(72)69(81)83-61)57-38-54(79)15-16-55(57)49-13-10-14-50(36-49)59-20-27-71(58)26-18-56-60(82-68(80)64(56)67(71)72)21-25-70(53-23-30-76-62(37-53)73-5)24-17-51(39-70)66(77-41-44(4)78)52-33-47(22-29-75-59)32-48(34-52)42-74-40-43(2)3/h7-16,20-21,27,32-36,38,43-45,51,53,58-59,62,66-67,73-79H,6,17-19,22-26,28-31,37,39-42H2,1-5H3/b27-20+,60-21?,61-35-/t44-,45-,51-,53+,58-,59-,62-,66+,67-,70+,71-,72-/m0/s1. The first kappa shape index (κ1) is 56.2. The van der Waals surface area contributed by atoms with E-state index in [1.54, 1.807) is 6.07 Å². The average molecular weight is 1120 g/mol. The van der Waals surface area contributed by atoms with Crippen LogP contribution in [0.25, 0.3) is 16.7 Å². The molecule has 0 aromatic heterocycles. The minimum Gasteiger partial charge on any atom is -0.508 e. The van der Waals surface area contributed by atoms with Crippen molar-refractivity contribution < 1.29 is 29.3 Å². The van der Waals surface area contributed by atoms with Crippen molar-refractivity contribution >= 4 is 17.5 Å². The molecule has 436 valence electrons. The Labute approximate surface area is 492 Å². The van der Waals surface area contributed by atoms with Gasteiger partial charge in [-0.05, 0) is 226 Å². The third-order valence-corrected chi connectivity index (χ3v) is 21.5. The van der Waals surface area contributed by atoms with Crippen LogP contribution in [0.1, 0.15) is 144 Å². The predicted octanol–water partition coefficient (Wildman–Crippen LogP) is 12.0. The maximum atomic E-state index is 15.7. The van der Waals surface area contributed by atoms with Crippen LogP contribution in [0.2, 0.25) is 0 Å². The Balaban J connectivity index is 1.03. The van der Waals surface area contributed by atoms with E-state index < -0.39 is 22.9 Å². The molecule has 14 bridgehead atoms. The van der Waals surface area contributed by atoms with Gasteiger partial charge in [0.25, 0.3) is 0 Å². The number of allylic oxidation sites excluding steroid dienone is 6. The van der Waals surface area contributed by atoms with Gasteiger partial charge in [0.15, 0.2) is 0 Å². The van der Waals surface area contributed by atoms with Crippen molar-refractivity contribution in [3.8, 4) is 16.9 Å². The summed E-state index contributed by atoms with van der Waals surface area (Å²) in [5, 5.41) is 41.7. The van der Waals surface area contributed by atoms with Gasteiger partial charge < -0.3 is 46.3 Å². The number of benzene rings is 4. The van der Waals surface area contributed by atoms with E-state index in [0.717, 1.165) is 124 Å². The highest BCUT2D eigenvalue weighted by molar-refractivity contribution is 6.08. The first-order chi connectivity index (χ1) is 40.3. The van der Waals surface area contributed by atoms with Crippen molar-refractivity contribution in [1.82, 2.24) is 26.6 Å². The summed E-state index contributed by atoms with van der Waals surface area (Å²) in [6, 6.07) is 32.2. The van der Waals surface area contributed by atoms with E-state index >= 15 is 9.59 Å². The summed E-state index contributed by atoms with van der Waals surface area (Å²) in [6.45, 7) is 12.5. The van der Waals surface area contributed by atoms with E-state index in [1.165, 1.54) is 22.3 Å². The second-order valence-corrected chi connectivity index (χ2v) is 26.9. The van der Waals surface area contributed by atoms with E-state index in [9.17, 15) is 10.2 Å². The summed E-state index contributed by atoms with van der Waals surface area (Å²) in [5.74, 6) is 1.56. The van der Waals surface area contributed by atoms with Crippen LogP contribution >= 0.6 is 0 Å².